The van der Waals surface area contributed by atoms with Gasteiger partial charge in [0.2, 0.25) is 10.0 Å². The summed E-state index contributed by atoms with van der Waals surface area (Å²) in [4.78, 5) is 3.72. The third-order valence-corrected chi connectivity index (χ3v) is 6.63. The molecule has 0 N–H and O–H groups in total. The van der Waals surface area contributed by atoms with Gasteiger partial charge in [-0.2, -0.15) is 4.31 Å². The molecule has 27 heavy (non-hydrogen) atoms. The van der Waals surface area contributed by atoms with Crippen LogP contribution in [0.4, 0.5) is 14.5 Å². The molecule has 0 bridgehead atoms. The fourth-order valence-electron chi connectivity index (χ4n) is 3.11. The summed E-state index contributed by atoms with van der Waals surface area (Å²) in [7, 11) is 0.00808. The first-order chi connectivity index (χ1) is 12.8. The van der Waals surface area contributed by atoms with Crippen LogP contribution in [0.25, 0.3) is 0 Å². The average Bonchev–Trinajstić information content (AvgIpc) is 2.62. The zero-order valence-corrected chi connectivity index (χ0v) is 16.2. The molecular weight excluding hydrogens is 372 g/mol. The van der Waals surface area contributed by atoms with Gasteiger partial charge in [-0.05, 0) is 29.8 Å². The molecule has 1 aliphatic heterocycles. The molecule has 1 saturated heterocycles. The molecule has 0 unspecified atom stereocenters. The number of nitrogens with zero attached hydrogens (tertiary/aromatic N) is 3. The van der Waals surface area contributed by atoms with Gasteiger partial charge in [0.25, 0.3) is 0 Å². The zero-order valence-electron chi connectivity index (χ0n) is 15.4. The average molecular weight is 395 g/mol. The van der Waals surface area contributed by atoms with Crippen LogP contribution in [0.15, 0.2) is 47.4 Å². The maximum absolute atomic E-state index is 13.9. The molecule has 3 rings (SSSR count). The predicted molar refractivity (Wildman–Crippen MR) is 101 cm³/mol. The fourth-order valence-corrected chi connectivity index (χ4v) is 4.58. The molecular formula is C19H23F2N3O2S. The Morgan fingerprint density at radius 3 is 2.15 bits per heavy atom. The summed E-state index contributed by atoms with van der Waals surface area (Å²) in [5, 5.41) is 0. The van der Waals surface area contributed by atoms with E-state index in [1.807, 2.05) is 31.1 Å². The molecule has 0 spiro atoms. The molecule has 0 radical (unpaired) electrons. The first kappa shape index (κ1) is 19.7. The van der Waals surface area contributed by atoms with Crippen molar-refractivity contribution in [1.29, 1.82) is 0 Å². The highest BCUT2D eigenvalue weighted by molar-refractivity contribution is 7.89. The first-order valence-corrected chi connectivity index (χ1v) is 10.2. The monoisotopic (exact) mass is 395 g/mol. The lowest BCUT2D eigenvalue weighted by molar-refractivity contribution is 0.181. The van der Waals surface area contributed by atoms with E-state index in [2.05, 4.69) is 17.0 Å². The Bertz CT molecular complexity index is 894. The largest absolute Gasteiger partial charge is 0.378 e. The fraction of sp³-hybridized carbons (Fsp3) is 0.368. The number of anilines is 1. The first-order valence-electron chi connectivity index (χ1n) is 8.71. The van der Waals surface area contributed by atoms with Gasteiger partial charge in [0.15, 0.2) is 0 Å². The Hall–Kier alpha value is -2.03. The van der Waals surface area contributed by atoms with Gasteiger partial charge in [0.05, 0.1) is 0 Å². The summed E-state index contributed by atoms with van der Waals surface area (Å²) in [5.74, 6) is -1.85. The van der Waals surface area contributed by atoms with Gasteiger partial charge in [-0.25, -0.2) is 17.2 Å². The number of hydrogen-bond donors (Lipinski definition) is 0. The highest BCUT2D eigenvalue weighted by Crippen LogP contribution is 2.22. The second-order valence-corrected chi connectivity index (χ2v) is 8.72. The number of halogens is 2. The molecule has 2 aromatic rings. The quantitative estimate of drug-likeness (QED) is 0.781. The normalized spacial score (nSPS) is 16.4. The summed E-state index contributed by atoms with van der Waals surface area (Å²) in [6.45, 7) is 2.38. The lowest BCUT2D eigenvalue weighted by Gasteiger charge is -2.34. The number of rotatable bonds is 5. The topological polar surface area (TPSA) is 43.9 Å². The molecule has 1 aliphatic rings. The van der Waals surface area contributed by atoms with Crippen molar-refractivity contribution in [3.8, 4) is 0 Å². The van der Waals surface area contributed by atoms with Crippen molar-refractivity contribution in [3.05, 3.63) is 59.7 Å². The summed E-state index contributed by atoms with van der Waals surface area (Å²) in [5.41, 5.74) is 2.28. The minimum Gasteiger partial charge on any atom is -0.378 e. The molecule has 8 heteroatoms. The Balaban J connectivity index is 1.62. The van der Waals surface area contributed by atoms with Crippen molar-refractivity contribution in [2.75, 3.05) is 45.2 Å². The van der Waals surface area contributed by atoms with E-state index in [1.165, 1.54) is 4.31 Å². The van der Waals surface area contributed by atoms with Crippen LogP contribution in [0.5, 0.6) is 0 Å². The van der Waals surface area contributed by atoms with Crippen molar-refractivity contribution in [2.24, 2.45) is 0 Å². The van der Waals surface area contributed by atoms with E-state index in [1.54, 1.807) is 0 Å². The summed E-state index contributed by atoms with van der Waals surface area (Å²) < 4.78 is 53.5. The number of piperazine rings is 1. The van der Waals surface area contributed by atoms with Crippen molar-refractivity contribution >= 4 is 15.7 Å². The van der Waals surface area contributed by atoms with Crippen LogP contribution in [0.3, 0.4) is 0 Å². The second-order valence-electron chi connectivity index (χ2n) is 6.82. The van der Waals surface area contributed by atoms with Crippen molar-refractivity contribution < 1.29 is 17.2 Å². The molecule has 0 aromatic heterocycles. The standard InChI is InChI=1S/C19H23F2N3O2S/c1-22(2)17-6-3-15(4-7-17)14-23-9-11-24(12-10-23)27(25,26)19-8-5-16(20)13-18(19)21/h3-8,13H,9-12,14H2,1-2H3. The van der Waals surface area contributed by atoms with E-state index in [0.717, 1.165) is 29.9 Å². The Labute approximate surface area is 158 Å². The molecule has 5 nitrogen and oxygen atoms in total. The second kappa shape index (κ2) is 7.92. The lowest BCUT2D eigenvalue weighted by atomic mass is 10.2. The van der Waals surface area contributed by atoms with Crippen LogP contribution in [0.2, 0.25) is 0 Å². The smallest absolute Gasteiger partial charge is 0.246 e. The zero-order chi connectivity index (χ0) is 19.6. The number of hydrogen-bond acceptors (Lipinski definition) is 4. The minimum atomic E-state index is -3.96. The van der Waals surface area contributed by atoms with E-state index < -0.39 is 26.6 Å². The maximum atomic E-state index is 13.9. The van der Waals surface area contributed by atoms with Gasteiger partial charge >= 0.3 is 0 Å². The number of sulfonamides is 1. The van der Waals surface area contributed by atoms with Crippen LogP contribution in [-0.2, 0) is 16.6 Å². The van der Waals surface area contributed by atoms with Gasteiger partial charge in [-0.1, -0.05) is 12.1 Å². The molecule has 0 saturated carbocycles. The molecule has 2 aromatic carbocycles. The molecule has 146 valence electrons. The summed E-state index contributed by atoms with van der Waals surface area (Å²) in [6, 6.07) is 10.8. The Kier molecular flexibility index (Phi) is 5.78. The highest BCUT2D eigenvalue weighted by Gasteiger charge is 2.30. The van der Waals surface area contributed by atoms with E-state index in [0.29, 0.717) is 19.2 Å². The van der Waals surface area contributed by atoms with Gasteiger partial charge < -0.3 is 4.90 Å². The highest BCUT2D eigenvalue weighted by atomic mass is 32.2. The van der Waals surface area contributed by atoms with Gasteiger partial charge in [-0.3, -0.25) is 4.90 Å². The molecule has 1 heterocycles. The van der Waals surface area contributed by atoms with Gasteiger partial charge in [0.1, 0.15) is 16.5 Å². The minimum absolute atomic E-state index is 0.273. The van der Waals surface area contributed by atoms with E-state index in [4.69, 9.17) is 0 Å². The van der Waals surface area contributed by atoms with E-state index >= 15 is 0 Å². The maximum Gasteiger partial charge on any atom is 0.246 e. The van der Waals surface area contributed by atoms with Crippen LogP contribution >= 0.6 is 0 Å². The van der Waals surface area contributed by atoms with Crippen LogP contribution in [0, 0.1) is 11.6 Å². The van der Waals surface area contributed by atoms with E-state index in [9.17, 15) is 17.2 Å². The third kappa shape index (κ3) is 4.45. The van der Waals surface area contributed by atoms with Crippen molar-refractivity contribution in [2.45, 2.75) is 11.4 Å². The summed E-state index contributed by atoms with van der Waals surface area (Å²) >= 11 is 0. The van der Waals surface area contributed by atoms with Crippen molar-refractivity contribution in [1.82, 2.24) is 9.21 Å². The van der Waals surface area contributed by atoms with Gasteiger partial charge in [0, 0.05) is 58.6 Å². The molecule has 0 amide bonds. The SMILES string of the molecule is CN(C)c1ccc(CN2CCN(S(=O)(=O)c3ccc(F)cc3F)CC2)cc1. The van der Waals surface area contributed by atoms with Crippen molar-refractivity contribution in [3.63, 3.8) is 0 Å². The Morgan fingerprint density at radius 1 is 0.963 bits per heavy atom. The van der Waals surface area contributed by atoms with E-state index in [-0.39, 0.29) is 13.1 Å². The third-order valence-electron chi connectivity index (χ3n) is 4.70. The molecule has 0 aliphatic carbocycles. The predicted octanol–water partition coefficient (Wildman–Crippen LogP) is 2.54. The molecule has 1 fully saturated rings. The lowest BCUT2D eigenvalue weighted by Crippen LogP contribution is -2.48. The van der Waals surface area contributed by atoms with Crippen LogP contribution < -0.4 is 4.90 Å². The Morgan fingerprint density at radius 2 is 1.59 bits per heavy atom. The summed E-state index contributed by atoms with van der Waals surface area (Å²) in [6.07, 6.45) is 0. The number of benzene rings is 2. The molecule has 0 atom stereocenters. The van der Waals surface area contributed by atoms with Gasteiger partial charge in [-0.15, -0.1) is 0 Å². The van der Waals surface area contributed by atoms with Crippen LogP contribution in [-0.4, -0.2) is 57.9 Å². The van der Waals surface area contributed by atoms with Crippen LogP contribution in [0.1, 0.15) is 5.56 Å².